The summed E-state index contributed by atoms with van der Waals surface area (Å²) < 4.78 is 28.3. The largest absolute Gasteiger partial charge is 0.393 e. The van der Waals surface area contributed by atoms with Crippen molar-refractivity contribution < 1.29 is 23.8 Å². The lowest BCUT2D eigenvalue weighted by molar-refractivity contribution is 0.0951. The molecule has 1 atom stereocenters. The minimum Gasteiger partial charge on any atom is -0.393 e. The number of hydrogen-bond donors (Lipinski definition) is 3. The van der Waals surface area contributed by atoms with E-state index in [0.29, 0.717) is 26.5 Å². The third-order valence-electron chi connectivity index (χ3n) is 4.41. The summed E-state index contributed by atoms with van der Waals surface area (Å²) in [5.41, 5.74) is 1.60. The SMILES string of the molecule is O=C(Nc1nc2ccc(F)cc2s1)c1ccc(-c2ncc(C(O)CO)cc2F)cc1. The minimum atomic E-state index is -1.20. The molecule has 2 heterocycles. The maximum atomic E-state index is 14.3. The number of pyridine rings is 1. The van der Waals surface area contributed by atoms with E-state index < -0.39 is 24.4 Å². The van der Waals surface area contributed by atoms with Crippen molar-refractivity contribution in [3.05, 3.63) is 77.5 Å². The summed E-state index contributed by atoms with van der Waals surface area (Å²) in [7, 11) is 0. The van der Waals surface area contributed by atoms with E-state index in [1.54, 1.807) is 12.1 Å². The summed E-state index contributed by atoms with van der Waals surface area (Å²) in [6.45, 7) is -0.534. The van der Waals surface area contributed by atoms with Crippen LogP contribution in [0.4, 0.5) is 13.9 Å². The molecule has 3 N–H and O–H groups in total. The molecule has 4 aromatic rings. The van der Waals surface area contributed by atoms with Gasteiger partial charge in [-0.05, 0) is 36.4 Å². The molecule has 152 valence electrons. The van der Waals surface area contributed by atoms with Gasteiger partial charge in [-0.3, -0.25) is 15.1 Å². The number of nitrogens with zero attached hydrogens (tertiary/aromatic N) is 2. The van der Waals surface area contributed by atoms with Gasteiger partial charge in [-0.1, -0.05) is 23.5 Å². The van der Waals surface area contributed by atoms with Gasteiger partial charge in [0.25, 0.3) is 5.91 Å². The number of carbonyl (C=O) groups excluding carboxylic acids is 1. The van der Waals surface area contributed by atoms with Gasteiger partial charge in [0.2, 0.25) is 0 Å². The second kappa shape index (κ2) is 8.23. The number of amides is 1. The van der Waals surface area contributed by atoms with Gasteiger partial charge < -0.3 is 10.2 Å². The van der Waals surface area contributed by atoms with Crippen molar-refractivity contribution >= 4 is 32.6 Å². The Morgan fingerprint density at radius 3 is 2.60 bits per heavy atom. The average Bonchev–Trinajstić information content (AvgIpc) is 3.14. The van der Waals surface area contributed by atoms with Gasteiger partial charge in [-0.2, -0.15) is 0 Å². The molecular weight excluding hydrogens is 412 g/mol. The van der Waals surface area contributed by atoms with Crippen LogP contribution in [-0.2, 0) is 0 Å². The standard InChI is InChI=1S/C21H15F2N3O3S/c22-14-5-6-16-18(8-14)30-21(25-16)26-20(29)12-3-1-11(2-4-12)19-15(23)7-13(9-24-19)17(28)10-27/h1-9,17,27-28H,10H2,(H,25,26,29). The Kier molecular flexibility index (Phi) is 5.49. The summed E-state index contributed by atoms with van der Waals surface area (Å²) in [6, 6.07) is 11.5. The summed E-state index contributed by atoms with van der Waals surface area (Å²) in [4.78, 5) is 20.7. The van der Waals surface area contributed by atoms with Crippen LogP contribution in [0.15, 0.2) is 54.7 Å². The van der Waals surface area contributed by atoms with Crippen LogP contribution in [0.1, 0.15) is 22.0 Å². The molecule has 0 saturated heterocycles. The molecule has 1 unspecified atom stereocenters. The highest BCUT2D eigenvalue weighted by Gasteiger charge is 2.14. The molecule has 0 aliphatic rings. The van der Waals surface area contributed by atoms with Crippen molar-refractivity contribution in [3.8, 4) is 11.3 Å². The number of benzene rings is 2. The number of aromatic nitrogens is 2. The van der Waals surface area contributed by atoms with Crippen LogP contribution in [0.3, 0.4) is 0 Å². The predicted molar refractivity (Wildman–Crippen MR) is 109 cm³/mol. The zero-order valence-corrected chi connectivity index (χ0v) is 16.2. The van der Waals surface area contributed by atoms with Gasteiger partial charge in [0.1, 0.15) is 23.4 Å². The maximum absolute atomic E-state index is 14.3. The fraction of sp³-hybridized carbons (Fsp3) is 0.0952. The van der Waals surface area contributed by atoms with E-state index in [-0.39, 0.29) is 17.1 Å². The van der Waals surface area contributed by atoms with E-state index in [9.17, 15) is 18.7 Å². The molecule has 0 fully saturated rings. The summed E-state index contributed by atoms with van der Waals surface area (Å²) in [5, 5.41) is 21.5. The number of anilines is 1. The third-order valence-corrected chi connectivity index (χ3v) is 5.35. The Bertz CT molecular complexity index is 1230. The lowest BCUT2D eigenvalue weighted by Gasteiger charge is -2.09. The van der Waals surface area contributed by atoms with Gasteiger partial charge in [-0.15, -0.1) is 0 Å². The van der Waals surface area contributed by atoms with Crippen molar-refractivity contribution in [2.75, 3.05) is 11.9 Å². The van der Waals surface area contributed by atoms with Gasteiger partial charge in [0.05, 0.1) is 16.8 Å². The zero-order valence-electron chi connectivity index (χ0n) is 15.3. The Morgan fingerprint density at radius 1 is 1.13 bits per heavy atom. The van der Waals surface area contributed by atoms with Crippen molar-refractivity contribution in [2.24, 2.45) is 0 Å². The number of aliphatic hydroxyl groups is 2. The topological polar surface area (TPSA) is 95.3 Å². The zero-order chi connectivity index (χ0) is 21.3. The number of aliphatic hydroxyl groups excluding tert-OH is 2. The Morgan fingerprint density at radius 2 is 1.90 bits per heavy atom. The highest BCUT2D eigenvalue weighted by molar-refractivity contribution is 7.22. The molecule has 0 bridgehead atoms. The average molecular weight is 427 g/mol. The molecule has 4 rings (SSSR count). The van der Waals surface area contributed by atoms with E-state index in [0.717, 1.165) is 17.4 Å². The molecule has 2 aromatic carbocycles. The summed E-state index contributed by atoms with van der Waals surface area (Å²) >= 11 is 1.16. The van der Waals surface area contributed by atoms with Crippen molar-refractivity contribution in [3.63, 3.8) is 0 Å². The van der Waals surface area contributed by atoms with Crippen molar-refractivity contribution in [1.29, 1.82) is 0 Å². The van der Waals surface area contributed by atoms with Crippen LogP contribution in [0, 0.1) is 11.6 Å². The van der Waals surface area contributed by atoms with Crippen LogP contribution in [0.5, 0.6) is 0 Å². The van der Waals surface area contributed by atoms with Crippen LogP contribution < -0.4 is 5.32 Å². The van der Waals surface area contributed by atoms with Gasteiger partial charge >= 0.3 is 0 Å². The van der Waals surface area contributed by atoms with E-state index in [1.807, 2.05) is 0 Å². The molecular formula is C21H15F2N3O3S. The summed E-state index contributed by atoms with van der Waals surface area (Å²) in [5.74, 6) is -1.44. The number of hydrogen-bond acceptors (Lipinski definition) is 6. The minimum absolute atomic E-state index is 0.0593. The predicted octanol–water partition coefficient (Wildman–Crippen LogP) is 3.91. The first-order valence-corrected chi connectivity index (χ1v) is 9.68. The molecule has 9 heteroatoms. The van der Waals surface area contributed by atoms with E-state index in [4.69, 9.17) is 5.11 Å². The van der Waals surface area contributed by atoms with Crippen LogP contribution in [-0.4, -0.2) is 32.7 Å². The fourth-order valence-corrected chi connectivity index (χ4v) is 3.74. The maximum Gasteiger partial charge on any atom is 0.257 e. The quantitative estimate of drug-likeness (QED) is 0.449. The first-order chi connectivity index (χ1) is 14.4. The van der Waals surface area contributed by atoms with Gasteiger partial charge in [0, 0.05) is 22.9 Å². The number of fused-ring (bicyclic) bond motifs is 1. The fourth-order valence-electron chi connectivity index (χ4n) is 2.85. The van der Waals surface area contributed by atoms with Crippen LogP contribution >= 0.6 is 11.3 Å². The van der Waals surface area contributed by atoms with E-state index in [2.05, 4.69) is 15.3 Å². The molecule has 0 spiro atoms. The Hall–Kier alpha value is -3.27. The monoisotopic (exact) mass is 427 g/mol. The van der Waals surface area contributed by atoms with E-state index in [1.165, 1.54) is 36.5 Å². The van der Waals surface area contributed by atoms with Crippen molar-refractivity contribution in [1.82, 2.24) is 9.97 Å². The molecule has 6 nitrogen and oxygen atoms in total. The lowest BCUT2D eigenvalue weighted by atomic mass is 10.1. The van der Waals surface area contributed by atoms with Gasteiger partial charge in [0.15, 0.2) is 5.13 Å². The number of carbonyl (C=O) groups is 1. The molecule has 0 radical (unpaired) electrons. The highest BCUT2D eigenvalue weighted by atomic mass is 32.1. The second-order valence-electron chi connectivity index (χ2n) is 6.46. The first kappa shape index (κ1) is 20.0. The molecule has 0 aliphatic carbocycles. The van der Waals surface area contributed by atoms with Crippen LogP contribution in [0.25, 0.3) is 21.5 Å². The highest BCUT2D eigenvalue weighted by Crippen LogP contribution is 2.27. The molecule has 0 aliphatic heterocycles. The van der Waals surface area contributed by atoms with E-state index >= 15 is 0 Å². The number of thiazole rings is 1. The number of nitrogens with one attached hydrogen (secondary N) is 1. The second-order valence-corrected chi connectivity index (χ2v) is 7.49. The smallest absolute Gasteiger partial charge is 0.257 e. The molecule has 30 heavy (non-hydrogen) atoms. The number of halogens is 2. The van der Waals surface area contributed by atoms with Gasteiger partial charge in [-0.25, -0.2) is 13.8 Å². The summed E-state index contributed by atoms with van der Waals surface area (Å²) in [6.07, 6.45) is 0.0849. The first-order valence-electron chi connectivity index (χ1n) is 8.87. The molecule has 2 aromatic heterocycles. The lowest BCUT2D eigenvalue weighted by Crippen LogP contribution is -2.11. The Labute approximate surface area is 173 Å². The molecule has 0 saturated carbocycles. The Balaban J connectivity index is 1.52. The van der Waals surface area contributed by atoms with Crippen molar-refractivity contribution in [2.45, 2.75) is 6.10 Å². The molecule has 1 amide bonds. The normalized spacial score (nSPS) is 12.1. The number of rotatable bonds is 5. The third kappa shape index (κ3) is 4.04. The van der Waals surface area contributed by atoms with Crippen LogP contribution in [0.2, 0.25) is 0 Å².